The van der Waals surface area contributed by atoms with Crippen molar-refractivity contribution in [3.8, 4) is 5.75 Å². The van der Waals surface area contributed by atoms with E-state index in [1.807, 2.05) is 31.2 Å². The van der Waals surface area contributed by atoms with Gasteiger partial charge in [0.2, 0.25) is 0 Å². The molecular weight excluding hydrogens is 286 g/mol. The molecule has 2 rings (SSSR count). The average molecular weight is 304 g/mol. The summed E-state index contributed by atoms with van der Waals surface area (Å²) in [5, 5.41) is 3.58. The van der Waals surface area contributed by atoms with Gasteiger partial charge in [0.25, 0.3) is 5.91 Å². The highest BCUT2D eigenvalue weighted by atomic mass is 35.5. The SMILES string of the molecule is CCC(NC(=O)c1cccc(Cl)c1)c1ccc(OC)cc1. The van der Waals surface area contributed by atoms with E-state index in [0.717, 1.165) is 17.7 Å². The van der Waals surface area contributed by atoms with E-state index >= 15 is 0 Å². The van der Waals surface area contributed by atoms with Crippen LogP contribution in [-0.2, 0) is 0 Å². The Morgan fingerprint density at radius 3 is 2.52 bits per heavy atom. The van der Waals surface area contributed by atoms with Gasteiger partial charge in [-0.15, -0.1) is 0 Å². The molecule has 2 aromatic rings. The standard InChI is InChI=1S/C17H18ClNO2/c1-3-16(12-7-9-15(21-2)10-8-12)19-17(20)13-5-4-6-14(18)11-13/h4-11,16H,3H2,1-2H3,(H,19,20). The highest BCUT2D eigenvalue weighted by Crippen LogP contribution is 2.21. The molecule has 1 amide bonds. The van der Waals surface area contributed by atoms with Crippen molar-refractivity contribution in [3.63, 3.8) is 0 Å². The van der Waals surface area contributed by atoms with Crippen molar-refractivity contribution in [1.29, 1.82) is 0 Å². The van der Waals surface area contributed by atoms with Crippen molar-refractivity contribution in [2.24, 2.45) is 0 Å². The maximum atomic E-state index is 12.3. The van der Waals surface area contributed by atoms with E-state index in [0.29, 0.717) is 10.6 Å². The second-order valence-corrected chi connectivity index (χ2v) is 5.15. The third kappa shape index (κ3) is 3.99. The zero-order valence-corrected chi connectivity index (χ0v) is 12.9. The van der Waals surface area contributed by atoms with Crippen molar-refractivity contribution < 1.29 is 9.53 Å². The summed E-state index contributed by atoms with van der Waals surface area (Å²) in [7, 11) is 1.63. The average Bonchev–Trinajstić information content (AvgIpc) is 2.52. The van der Waals surface area contributed by atoms with Crippen molar-refractivity contribution >= 4 is 17.5 Å². The molecule has 1 atom stereocenters. The van der Waals surface area contributed by atoms with Crippen LogP contribution in [0.15, 0.2) is 48.5 Å². The number of nitrogens with one attached hydrogen (secondary N) is 1. The summed E-state index contributed by atoms with van der Waals surface area (Å²) >= 11 is 5.92. The minimum Gasteiger partial charge on any atom is -0.497 e. The summed E-state index contributed by atoms with van der Waals surface area (Å²) < 4.78 is 5.14. The molecule has 21 heavy (non-hydrogen) atoms. The molecule has 0 fully saturated rings. The molecule has 0 radical (unpaired) electrons. The van der Waals surface area contributed by atoms with Gasteiger partial charge < -0.3 is 10.1 Å². The van der Waals surface area contributed by atoms with Gasteiger partial charge in [0.1, 0.15) is 5.75 Å². The number of methoxy groups -OCH3 is 1. The number of hydrogen-bond donors (Lipinski definition) is 1. The van der Waals surface area contributed by atoms with E-state index in [2.05, 4.69) is 5.32 Å². The summed E-state index contributed by atoms with van der Waals surface area (Å²) in [5.41, 5.74) is 1.61. The zero-order chi connectivity index (χ0) is 15.2. The van der Waals surface area contributed by atoms with E-state index in [1.165, 1.54) is 0 Å². The molecule has 0 aromatic heterocycles. The normalized spacial score (nSPS) is 11.8. The first kappa shape index (κ1) is 15.4. The highest BCUT2D eigenvalue weighted by Gasteiger charge is 2.14. The first-order valence-electron chi connectivity index (χ1n) is 6.84. The molecule has 0 heterocycles. The van der Waals surface area contributed by atoms with Crippen LogP contribution in [0.4, 0.5) is 0 Å². The largest absolute Gasteiger partial charge is 0.497 e. The third-order valence-electron chi connectivity index (χ3n) is 3.32. The van der Waals surface area contributed by atoms with Gasteiger partial charge in [-0.1, -0.05) is 36.7 Å². The van der Waals surface area contributed by atoms with E-state index in [4.69, 9.17) is 16.3 Å². The van der Waals surface area contributed by atoms with E-state index in [9.17, 15) is 4.79 Å². The van der Waals surface area contributed by atoms with Gasteiger partial charge in [-0.2, -0.15) is 0 Å². The molecule has 1 N–H and O–H groups in total. The van der Waals surface area contributed by atoms with Crippen molar-refractivity contribution in [2.75, 3.05) is 7.11 Å². The number of amides is 1. The summed E-state index contributed by atoms with van der Waals surface area (Å²) in [6.07, 6.45) is 0.804. The molecular formula is C17H18ClNO2. The monoisotopic (exact) mass is 303 g/mol. The molecule has 0 spiro atoms. The third-order valence-corrected chi connectivity index (χ3v) is 3.55. The van der Waals surface area contributed by atoms with Crippen LogP contribution >= 0.6 is 11.6 Å². The van der Waals surface area contributed by atoms with Crippen molar-refractivity contribution in [1.82, 2.24) is 5.32 Å². The van der Waals surface area contributed by atoms with Crippen LogP contribution in [0.1, 0.15) is 35.3 Å². The fourth-order valence-corrected chi connectivity index (χ4v) is 2.32. The molecule has 0 aliphatic rings. The van der Waals surface area contributed by atoms with Gasteiger partial charge >= 0.3 is 0 Å². The molecule has 2 aromatic carbocycles. The lowest BCUT2D eigenvalue weighted by molar-refractivity contribution is 0.0935. The Morgan fingerprint density at radius 1 is 1.24 bits per heavy atom. The molecule has 1 unspecified atom stereocenters. The molecule has 0 saturated heterocycles. The van der Waals surface area contributed by atoms with Crippen molar-refractivity contribution in [3.05, 3.63) is 64.7 Å². The lowest BCUT2D eigenvalue weighted by Gasteiger charge is -2.18. The lowest BCUT2D eigenvalue weighted by atomic mass is 10.0. The van der Waals surface area contributed by atoms with Gasteiger partial charge in [-0.05, 0) is 42.3 Å². The zero-order valence-electron chi connectivity index (χ0n) is 12.1. The number of rotatable bonds is 5. The number of benzene rings is 2. The second kappa shape index (κ2) is 7.14. The van der Waals surface area contributed by atoms with Crippen LogP contribution in [0.25, 0.3) is 0 Å². The predicted molar refractivity (Wildman–Crippen MR) is 84.9 cm³/mol. The second-order valence-electron chi connectivity index (χ2n) is 4.72. The van der Waals surface area contributed by atoms with E-state index in [-0.39, 0.29) is 11.9 Å². The lowest BCUT2D eigenvalue weighted by Crippen LogP contribution is -2.28. The maximum absolute atomic E-state index is 12.3. The highest BCUT2D eigenvalue weighted by molar-refractivity contribution is 6.30. The molecule has 3 nitrogen and oxygen atoms in total. The minimum absolute atomic E-state index is 0.0395. The fraction of sp³-hybridized carbons (Fsp3) is 0.235. The molecule has 0 aliphatic heterocycles. The molecule has 110 valence electrons. The van der Waals surface area contributed by atoms with E-state index < -0.39 is 0 Å². The Morgan fingerprint density at radius 2 is 1.95 bits per heavy atom. The summed E-state index contributed by atoms with van der Waals surface area (Å²) in [6.45, 7) is 2.03. The maximum Gasteiger partial charge on any atom is 0.251 e. The molecule has 0 bridgehead atoms. The van der Waals surface area contributed by atoms with Crippen LogP contribution in [0.3, 0.4) is 0 Å². The van der Waals surface area contributed by atoms with Gasteiger partial charge in [-0.25, -0.2) is 0 Å². The topological polar surface area (TPSA) is 38.3 Å². The number of halogens is 1. The molecule has 0 aliphatic carbocycles. The summed E-state index contributed by atoms with van der Waals surface area (Å²) in [6, 6.07) is 14.6. The van der Waals surface area contributed by atoms with Crippen molar-refractivity contribution in [2.45, 2.75) is 19.4 Å². The van der Waals surface area contributed by atoms with Crippen LogP contribution in [0.5, 0.6) is 5.75 Å². The van der Waals surface area contributed by atoms with E-state index in [1.54, 1.807) is 31.4 Å². The summed E-state index contributed by atoms with van der Waals surface area (Å²) in [4.78, 5) is 12.3. The smallest absolute Gasteiger partial charge is 0.251 e. The quantitative estimate of drug-likeness (QED) is 0.897. The minimum atomic E-state index is -0.125. The summed E-state index contributed by atoms with van der Waals surface area (Å²) in [5.74, 6) is 0.676. The number of ether oxygens (including phenoxy) is 1. The van der Waals surface area contributed by atoms with Crippen LogP contribution in [-0.4, -0.2) is 13.0 Å². The van der Waals surface area contributed by atoms with Gasteiger partial charge in [0, 0.05) is 10.6 Å². The van der Waals surface area contributed by atoms with Gasteiger partial charge in [-0.3, -0.25) is 4.79 Å². The first-order valence-corrected chi connectivity index (χ1v) is 7.22. The van der Waals surface area contributed by atoms with Gasteiger partial charge in [0.05, 0.1) is 13.2 Å². The van der Waals surface area contributed by atoms with Crippen LogP contribution < -0.4 is 10.1 Å². The number of carbonyl (C=O) groups excluding carboxylic acids is 1. The Balaban J connectivity index is 2.12. The number of carbonyl (C=O) groups is 1. The van der Waals surface area contributed by atoms with Crippen LogP contribution in [0.2, 0.25) is 5.02 Å². The first-order chi connectivity index (χ1) is 10.1. The Bertz CT molecular complexity index is 610. The predicted octanol–water partition coefficient (Wildman–Crippen LogP) is 4.23. The Kier molecular flexibility index (Phi) is 5.23. The van der Waals surface area contributed by atoms with Crippen LogP contribution in [0, 0.1) is 0 Å². The van der Waals surface area contributed by atoms with Gasteiger partial charge in [0.15, 0.2) is 0 Å². The fourth-order valence-electron chi connectivity index (χ4n) is 2.13. The number of hydrogen-bond acceptors (Lipinski definition) is 2. The molecule has 0 saturated carbocycles. The Labute approximate surface area is 129 Å². The Hall–Kier alpha value is -2.00. The molecule has 4 heteroatoms.